The molecule has 0 saturated heterocycles. The molecule has 15 heteroatoms. The van der Waals surface area contributed by atoms with Crippen molar-refractivity contribution in [2.24, 2.45) is 0 Å². The van der Waals surface area contributed by atoms with Gasteiger partial charge in [-0.2, -0.15) is 0 Å². The Hall–Kier alpha value is 4.23. The Morgan fingerprint density at radius 2 is 0.933 bits per heavy atom. The first-order valence-corrected chi connectivity index (χ1v) is 6.27. The Morgan fingerprint density at radius 1 is 0.500 bits per heavy atom. The average molecular weight is 539 g/mol. The van der Waals surface area contributed by atoms with Gasteiger partial charge in [-0.1, -0.05) is 0 Å². The zero-order chi connectivity index (χ0) is 19.0. The van der Waals surface area contributed by atoms with Gasteiger partial charge in [-0.3, -0.25) is 0 Å². The van der Waals surface area contributed by atoms with Gasteiger partial charge in [0.15, 0.2) is 0 Å². The van der Waals surface area contributed by atoms with Crippen molar-refractivity contribution in [2.75, 3.05) is 0 Å². The van der Waals surface area contributed by atoms with Crippen molar-refractivity contribution in [3.8, 4) is 0 Å². The van der Waals surface area contributed by atoms with Gasteiger partial charge in [-0.05, 0) is 29.1 Å². The van der Waals surface area contributed by atoms with Gasteiger partial charge in [-0.15, -0.1) is 0 Å². The van der Waals surface area contributed by atoms with Crippen molar-refractivity contribution in [2.45, 2.75) is 0 Å². The standard InChI is InChI=1S/C15H8O10.5K/c16-11(17)5-1-4-2-7(13(20)21)9(14(22)23)10(15(24)25)8(4)6(3-5)12(18)19;;;;;/h1-3H,(H,16,17)(H,18,19)(H,20,21)(H,22,23)(H,24,25);;;;;/q;5*+1/p-5. The van der Waals surface area contributed by atoms with E-state index in [0.717, 1.165) is 0 Å². The molecule has 0 spiro atoms. The van der Waals surface area contributed by atoms with Gasteiger partial charge in [-0.25, -0.2) is 0 Å². The summed E-state index contributed by atoms with van der Waals surface area (Å²) in [5, 5.41) is 54.5. The Balaban J connectivity index is -0.000000676. The molecule has 0 fully saturated rings. The first-order valence-electron chi connectivity index (χ1n) is 6.27. The molecule has 2 rings (SSSR count). The number of aromatic carboxylic acids is 5. The van der Waals surface area contributed by atoms with Gasteiger partial charge in [0.05, 0.1) is 29.8 Å². The van der Waals surface area contributed by atoms with E-state index in [4.69, 9.17) is 0 Å². The summed E-state index contributed by atoms with van der Waals surface area (Å²) in [5.74, 6) is -10.5. The molecular weight excluding hydrogens is 536 g/mol. The van der Waals surface area contributed by atoms with Crippen molar-refractivity contribution in [3.63, 3.8) is 0 Å². The molecule has 0 bridgehead atoms. The van der Waals surface area contributed by atoms with E-state index < -0.39 is 68.4 Å². The Bertz CT molecular complexity index is 1010. The molecule has 0 unspecified atom stereocenters. The van der Waals surface area contributed by atoms with Crippen molar-refractivity contribution in [1.29, 1.82) is 0 Å². The van der Waals surface area contributed by atoms with Crippen molar-refractivity contribution in [3.05, 3.63) is 46.0 Å². The number of rotatable bonds is 5. The summed E-state index contributed by atoms with van der Waals surface area (Å²) < 4.78 is 0. The predicted molar refractivity (Wildman–Crippen MR) is 65.6 cm³/mol. The molecular formula is C15H3K5O10. The number of carboxylic acid groups (broad SMARTS) is 5. The summed E-state index contributed by atoms with van der Waals surface area (Å²) in [6.45, 7) is 0. The van der Waals surface area contributed by atoms with Gasteiger partial charge in [0.1, 0.15) is 0 Å². The van der Waals surface area contributed by atoms with Crippen LogP contribution in [-0.2, 0) is 0 Å². The van der Waals surface area contributed by atoms with Crippen LogP contribution in [0.3, 0.4) is 0 Å². The van der Waals surface area contributed by atoms with Gasteiger partial charge in [0, 0.05) is 27.6 Å². The fraction of sp³-hybridized carbons (Fsp3) is 0. The summed E-state index contributed by atoms with van der Waals surface area (Å²) in [6.07, 6.45) is 0. The van der Waals surface area contributed by atoms with Gasteiger partial charge < -0.3 is 49.5 Å². The van der Waals surface area contributed by atoms with E-state index in [0.29, 0.717) is 18.2 Å². The van der Waals surface area contributed by atoms with E-state index in [-0.39, 0.29) is 257 Å². The van der Waals surface area contributed by atoms with Gasteiger partial charge >= 0.3 is 257 Å². The van der Waals surface area contributed by atoms with Crippen LogP contribution in [0.15, 0.2) is 18.2 Å². The summed E-state index contributed by atoms with van der Waals surface area (Å²) in [4.78, 5) is 55.8. The quantitative estimate of drug-likeness (QED) is 0.329. The fourth-order valence-electron chi connectivity index (χ4n) is 2.40. The monoisotopic (exact) mass is 538 g/mol. The number of carbonyl (C=O) groups excluding carboxylic acids is 5. The van der Waals surface area contributed by atoms with Crippen LogP contribution >= 0.6 is 0 Å². The van der Waals surface area contributed by atoms with E-state index in [2.05, 4.69) is 0 Å². The molecule has 0 amide bonds. The number of carbonyl (C=O) groups is 5. The largest absolute Gasteiger partial charge is 1.00 e. The van der Waals surface area contributed by atoms with Crippen LogP contribution in [0.5, 0.6) is 0 Å². The van der Waals surface area contributed by atoms with E-state index in [1.807, 2.05) is 0 Å². The smallest absolute Gasteiger partial charge is 0.545 e. The number of benzene rings is 2. The minimum Gasteiger partial charge on any atom is -0.545 e. The number of hydrogen-bond acceptors (Lipinski definition) is 10. The SMILES string of the molecule is O=C([O-])c1cc(C(=O)[O-])c2c(C(=O)[O-])c(C(=O)[O-])c(C(=O)[O-])cc2c1.[K+].[K+].[K+].[K+].[K+]. The molecule has 0 radical (unpaired) electrons. The van der Waals surface area contributed by atoms with Crippen LogP contribution in [0.25, 0.3) is 10.8 Å². The fourth-order valence-corrected chi connectivity index (χ4v) is 2.40. The van der Waals surface area contributed by atoms with Gasteiger partial charge in [0.2, 0.25) is 0 Å². The molecule has 2 aromatic carbocycles. The first kappa shape index (κ1) is 41.4. The third-order valence-electron chi connectivity index (χ3n) is 3.32. The Morgan fingerprint density at radius 3 is 1.27 bits per heavy atom. The molecule has 0 aliphatic heterocycles. The maximum absolute atomic E-state index is 11.4. The van der Waals surface area contributed by atoms with Crippen molar-refractivity contribution >= 4 is 40.6 Å². The minimum absolute atomic E-state index is 0. The molecule has 0 N–H and O–H groups in total. The van der Waals surface area contributed by atoms with E-state index >= 15 is 0 Å². The van der Waals surface area contributed by atoms with Crippen LogP contribution < -0.4 is 282 Å². The summed E-state index contributed by atoms with van der Waals surface area (Å²) in [6, 6.07) is 1.73. The molecule has 0 aliphatic carbocycles. The van der Waals surface area contributed by atoms with Crippen LogP contribution in [0.4, 0.5) is 0 Å². The van der Waals surface area contributed by atoms with Gasteiger partial charge in [0.25, 0.3) is 0 Å². The third kappa shape index (κ3) is 9.94. The Labute approximate surface area is 381 Å². The maximum Gasteiger partial charge on any atom is 1.00 e. The van der Waals surface area contributed by atoms with Crippen molar-refractivity contribution in [1.82, 2.24) is 0 Å². The number of fused-ring (bicyclic) bond motifs is 1. The zero-order valence-electron chi connectivity index (χ0n) is 16.8. The predicted octanol–water partition coefficient (Wildman–Crippen LogP) is -20.3. The van der Waals surface area contributed by atoms with Crippen molar-refractivity contribution < 1.29 is 306 Å². The number of carboxylic acids is 5. The van der Waals surface area contributed by atoms with Crippen LogP contribution in [-0.4, -0.2) is 29.8 Å². The molecule has 128 valence electrons. The minimum atomic E-state index is -2.24. The second kappa shape index (κ2) is 18.5. The molecule has 0 saturated carbocycles. The topological polar surface area (TPSA) is 201 Å². The molecule has 10 nitrogen and oxygen atoms in total. The maximum atomic E-state index is 11.4. The van der Waals surface area contributed by atoms with Crippen LogP contribution in [0.2, 0.25) is 0 Å². The molecule has 0 aromatic heterocycles. The van der Waals surface area contributed by atoms with Crippen LogP contribution in [0, 0.1) is 0 Å². The second-order valence-corrected chi connectivity index (χ2v) is 4.73. The zero-order valence-corrected chi connectivity index (χ0v) is 32.4. The van der Waals surface area contributed by atoms with Crippen LogP contribution in [0.1, 0.15) is 51.8 Å². The first-order chi connectivity index (χ1) is 11.6. The average Bonchev–Trinajstić information content (AvgIpc) is 2.50. The molecule has 0 atom stereocenters. The summed E-state index contributed by atoms with van der Waals surface area (Å²) >= 11 is 0. The second-order valence-electron chi connectivity index (χ2n) is 4.73. The molecule has 2 aromatic rings. The molecule has 0 heterocycles. The molecule has 0 aliphatic rings. The summed E-state index contributed by atoms with van der Waals surface area (Å²) in [7, 11) is 0. The number of hydrogen-bond donors (Lipinski definition) is 0. The normalized spacial score (nSPS) is 8.67. The van der Waals surface area contributed by atoms with E-state index in [1.54, 1.807) is 0 Å². The van der Waals surface area contributed by atoms with E-state index in [1.165, 1.54) is 0 Å². The third-order valence-corrected chi connectivity index (χ3v) is 3.32. The Kier molecular flexibility index (Phi) is 25.5. The van der Waals surface area contributed by atoms with E-state index in [9.17, 15) is 49.5 Å². The summed E-state index contributed by atoms with van der Waals surface area (Å²) in [5.41, 5.74) is -5.60. The molecule has 30 heavy (non-hydrogen) atoms.